The molecule has 5 nitrogen and oxygen atoms in total. The largest absolute Gasteiger partial charge is 0.379 e. The Hall–Kier alpha value is -1.42. The van der Waals surface area contributed by atoms with Crippen molar-refractivity contribution in [1.29, 1.82) is 0 Å². The van der Waals surface area contributed by atoms with E-state index in [2.05, 4.69) is 20.5 Å². The highest BCUT2D eigenvalue weighted by molar-refractivity contribution is 14.0. The zero-order valence-electron chi connectivity index (χ0n) is 16.4. The van der Waals surface area contributed by atoms with Gasteiger partial charge in [0, 0.05) is 38.2 Å². The van der Waals surface area contributed by atoms with Gasteiger partial charge in [-0.05, 0) is 35.4 Å². The minimum absolute atomic E-state index is 0. The van der Waals surface area contributed by atoms with Crippen LogP contribution in [0.5, 0.6) is 0 Å². The third-order valence-electron chi connectivity index (χ3n) is 4.78. The molecular formula is C21H27ClFIN4O. The summed E-state index contributed by atoms with van der Waals surface area (Å²) >= 11 is 5.93. The first kappa shape index (κ1) is 23.9. The molecule has 0 aromatic heterocycles. The Balaban J connectivity index is 0.00000300. The van der Waals surface area contributed by atoms with Crippen LogP contribution in [0.2, 0.25) is 5.02 Å². The van der Waals surface area contributed by atoms with Crippen LogP contribution < -0.4 is 10.6 Å². The number of morpholine rings is 1. The Bertz CT molecular complexity index is 785. The number of hydrogen-bond donors (Lipinski definition) is 2. The Morgan fingerprint density at radius 1 is 1.17 bits per heavy atom. The third kappa shape index (κ3) is 7.40. The number of hydrogen-bond acceptors (Lipinski definition) is 3. The fraction of sp³-hybridized carbons (Fsp3) is 0.381. The quantitative estimate of drug-likeness (QED) is 0.337. The molecule has 0 bridgehead atoms. The number of halogens is 3. The second kappa shape index (κ2) is 12.3. The summed E-state index contributed by atoms with van der Waals surface area (Å²) in [6.07, 6.45) is 0. The van der Waals surface area contributed by atoms with E-state index in [1.807, 2.05) is 30.3 Å². The van der Waals surface area contributed by atoms with Gasteiger partial charge in [0.25, 0.3) is 0 Å². The van der Waals surface area contributed by atoms with Crippen molar-refractivity contribution in [2.45, 2.75) is 12.6 Å². The van der Waals surface area contributed by atoms with Gasteiger partial charge in [0.05, 0.1) is 19.3 Å². The second-order valence-corrected chi connectivity index (χ2v) is 7.09. The summed E-state index contributed by atoms with van der Waals surface area (Å²) in [5.41, 5.74) is 2.06. The molecule has 158 valence electrons. The van der Waals surface area contributed by atoms with Gasteiger partial charge in [0.15, 0.2) is 5.96 Å². The first-order chi connectivity index (χ1) is 13.7. The van der Waals surface area contributed by atoms with E-state index in [1.165, 1.54) is 6.07 Å². The molecule has 1 aliphatic heterocycles. The van der Waals surface area contributed by atoms with E-state index in [0.717, 1.165) is 29.2 Å². The SMILES string of the molecule is CN=C(NCc1ccc(Cl)cc1)NCC(c1cccc(F)c1)N1CCOCC1.I. The summed E-state index contributed by atoms with van der Waals surface area (Å²) in [5, 5.41) is 7.40. The lowest BCUT2D eigenvalue weighted by atomic mass is 10.0. The number of benzene rings is 2. The van der Waals surface area contributed by atoms with Crippen LogP contribution in [0, 0.1) is 5.82 Å². The molecule has 3 rings (SSSR count). The molecule has 29 heavy (non-hydrogen) atoms. The van der Waals surface area contributed by atoms with Crippen molar-refractivity contribution in [3.63, 3.8) is 0 Å². The molecule has 0 amide bonds. The maximum absolute atomic E-state index is 13.8. The third-order valence-corrected chi connectivity index (χ3v) is 5.03. The van der Waals surface area contributed by atoms with Crippen LogP contribution in [-0.4, -0.2) is 50.8 Å². The predicted octanol–water partition coefficient (Wildman–Crippen LogP) is 3.84. The lowest BCUT2D eigenvalue weighted by Gasteiger charge is -2.35. The van der Waals surface area contributed by atoms with E-state index in [9.17, 15) is 4.39 Å². The minimum atomic E-state index is -0.221. The van der Waals surface area contributed by atoms with E-state index < -0.39 is 0 Å². The van der Waals surface area contributed by atoms with E-state index in [0.29, 0.717) is 32.3 Å². The van der Waals surface area contributed by atoms with Crippen molar-refractivity contribution in [1.82, 2.24) is 15.5 Å². The van der Waals surface area contributed by atoms with Gasteiger partial charge in [-0.1, -0.05) is 35.9 Å². The number of guanidine groups is 1. The summed E-state index contributed by atoms with van der Waals surface area (Å²) in [6.45, 7) is 4.27. The zero-order chi connectivity index (χ0) is 19.8. The lowest BCUT2D eigenvalue weighted by molar-refractivity contribution is 0.0169. The first-order valence-electron chi connectivity index (χ1n) is 9.42. The van der Waals surface area contributed by atoms with E-state index in [-0.39, 0.29) is 35.8 Å². The molecule has 0 saturated carbocycles. The maximum Gasteiger partial charge on any atom is 0.191 e. The molecule has 1 saturated heterocycles. The molecule has 1 unspecified atom stereocenters. The van der Waals surface area contributed by atoms with Crippen LogP contribution in [0.15, 0.2) is 53.5 Å². The van der Waals surface area contributed by atoms with Gasteiger partial charge >= 0.3 is 0 Å². The van der Waals surface area contributed by atoms with Gasteiger partial charge in [-0.2, -0.15) is 0 Å². The zero-order valence-corrected chi connectivity index (χ0v) is 19.5. The topological polar surface area (TPSA) is 48.9 Å². The lowest BCUT2D eigenvalue weighted by Crippen LogP contribution is -2.46. The molecule has 2 aromatic carbocycles. The summed E-state index contributed by atoms with van der Waals surface area (Å²) in [7, 11) is 1.74. The highest BCUT2D eigenvalue weighted by Gasteiger charge is 2.23. The number of nitrogens with one attached hydrogen (secondary N) is 2. The molecule has 1 atom stereocenters. The Kier molecular flexibility index (Phi) is 10.1. The van der Waals surface area contributed by atoms with Crippen molar-refractivity contribution in [2.24, 2.45) is 4.99 Å². The number of aliphatic imine (C=N–C) groups is 1. The van der Waals surface area contributed by atoms with Crippen LogP contribution in [-0.2, 0) is 11.3 Å². The molecule has 2 N–H and O–H groups in total. The van der Waals surface area contributed by atoms with Gasteiger partial charge < -0.3 is 15.4 Å². The fourth-order valence-corrected chi connectivity index (χ4v) is 3.39. The summed E-state index contributed by atoms with van der Waals surface area (Å²) in [6, 6.07) is 14.5. The van der Waals surface area contributed by atoms with Crippen LogP contribution in [0.4, 0.5) is 4.39 Å². The van der Waals surface area contributed by atoms with Gasteiger partial charge in [0.1, 0.15) is 5.82 Å². The summed E-state index contributed by atoms with van der Waals surface area (Å²) in [4.78, 5) is 6.62. The van der Waals surface area contributed by atoms with Gasteiger partial charge in [0.2, 0.25) is 0 Å². The summed E-state index contributed by atoms with van der Waals surface area (Å²) in [5.74, 6) is 0.477. The van der Waals surface area contributed by atoms with Gasteiger partial charge in [-0.25, -0.2) is 4.39 Å². The molecule has 1 heterocycles. The Labute approximate surface area is 193 Å². The number of nitrogens with zero attached hydrogens (tertiary/aromatic N) is 2. The molecule has 1 aliphatic rings. The van der Waals surface area contributed by atoms with Crippen molar-refractivity contribution >= 4 is 41.5 Å². The Morgan fingerprint density at radius 2 is 1.90 bits per heavy atom. The van der Waals surface area contributed by atoms with Crippen LogP contribution in [0.25, 0.3) is 0 Å². The highest BCUT2D eigenvalue weighted by Crippen LogP contribution is 2.22. The minimum Gasteiger partial charge on any atom is -0.379 e. The molecule has 8 heteroatoms. The molecule has 0 aliphatic carbocycles. The highest BCUT2D eigenvalue weighted by atomic mass is 127. The normalized spacial score (nSPS) is 16.0. The second-order valence-electron chi connectivity index (χ2n) is 6.65. The van der Waals surface area contributed by atoms with Gasteiger partial charge in [-0.15, -0.1) is 24.0 Å². The predicted molar refractivity (Wildman–Crippen MR) is 127 cm³/mol. The Morgan fingerprint density at radius 3 is 2.55 bits per heavy atom. The van der Waals surface area contributed by atoms with E-state index in [4.69, 9.17) is 16.3 Å². The molecular weight excluding hydrogens is 506 g/mol. The van der Waals surface area contributed by atoms with Crippen molar-refractivity contribution in [3.05, 3.63) is 70.5 Å². The monoisotopic (exact) mass is 532 g/mol. The number of ether oxygens (including phenoxy) is 1. The molecule has 0 radical (unpaired) electrons. The average Bonchev–Trinajstić information content (AvgIpc) is 2.72. The van der Waals surface area contributed by atoms with Crippen LogP contribution in [0.1, 0.15) is 17.2 Å². The molecule has 1 fully saturated rings. The standard InChI is InChI=1S/C21H26ClFN4O.HI/c1-24-21(25-14-16-5-7-18(22)8-6-16)26-15-20(27-9-11-28-12-10-27)17-3-2-4-19(23)13-17;/h2-8,13,20H,9-12,14-15H2,1H3,(H2,24,25,26);1H. The fourth-order valence-electron chi connectivity index (χ4n) is 3.26. The van der Waals surface area contributed by atoms with Gasteiger partial charge in [-0.3, -0.25) is 9.89 Å². The molecule has 0 spiro atoms. The maximum atomic E-state index is 13.8. The van der Waals surface area contributed by atoms with Crippen molar-refractivity contribution < 1.29 is 9.13 Å². The van der Waals surface area contributed by atoms with Crippen molar-refractivity contribution in [3.8, 4) is 0 Å². The summed E-state index contributed by atoms with van der Waals surface area (Å²) < 4.78 is 19.3. The first-order valence-corrected chi connectivity index (χ1v) is 9.80. The van der Waals surface area contributed by atoms with Crippen LogP contribution >= 0.6 is 35.6 Å². The molecule has 2 aromatic rings. The van der Waals surface area contributed by atoms with E-state index in [1.54, 1.807) is 19.2 Å². The smallest absolute Gasteiger partial charge is 0.191 e. The van der Waals surface area contributed by atoms with E-state index >= 15 is 0 Å². The van der Waals surface area contributed by atoms with Crippen LogP contribution in [0.3, 0.4) is 0 Å². The average molecular weight is 533 g/mol. The van der Waals surface area contributed by atoms with Crippen molar-refractivity contribution in [2.75, 3.05) is 39.9 Å². The number of rotatable bonds is 6.